The minimum absolute atomic E-state index is 0.0226. The monoisotopic (exact) mass is 743 g/mol. The number of nitrogens with zero attached hydrogens (tertiary/aromatic N) is 9. The van der Waals surface area contributed by atoms with Crippen molar-refractivity contribution in [3.63, 3.8) is 0 Å². The highest BCUT2D eigenvalue weighted by molar-refractivity contribution is 6.07. The van der Waals surface area contributed by atoms with E-state index in [2.05, 4.69) is 42.5 Å². The fourth-order valence-corrected chi connectivity index (χ4v) is 8.63. The van der Waals surface area contributed by atoms with Gasteiger partial charge >= 0.3 is 5.69 Å². The Hall–Kier alpha value is -5.45. The molecule has 284 valence electrons. The van der Waals surface area contributed by atoms with Crippen LogP contribution in [0.2, 0.25) is 0 Å². The number of hydrogen-bond acceptors (Lipinski definition) is 9. The molecule has 2 saturated heterocycles. The first kappa shape index (κ1) is 35.6. The van der Waals surface area contributed by atoms with Crippen molar-refractivity contribution < 1.29 is 23.2 Å². The van der Waals surface area contributed by atoms with E-state index in [1.165, 1.54) is 23.3 Å². The van der Waals surface area contributed by atoms with E-state index in [1.54, 1.807) is 33.0 Å². The molecule has 1 aromatic carbocycles. The predicted octanol–water partition coefficient (Wildman–Crippen LogP) is 4.08. The molecule has 1 saturated carbocycles. The molecule has 17 heteroatoms. The van der Waals surface area contributed by atoms with Gasteiger partial charge in [-0.05, 0) is 76.1 Å². The second kappa shape index (κ2) is 14.4. The van der Waals surface area contributed by atoms with Crippen LogP contribution >= 0.6 is 0 Å². The number of rotatable bonds is 9. The van der Waals surface area contributed by atoms with Crippen molar-refractivity contribution in [1.29, 1.82) is 0 Å². The summed E-state index contributed by atoms with van der Waals surface area (Å²) in [6, 6.07) is 7.14. The average Bonchev–Trinajstić information content (AvgIpc) is 3.87. The highest BCUT2D eigenvalue weighted by Gasteiger charge is 2.34. The van der Waals surface area contributed by atoms with Crippen LogP contribution in [0.5, 0.6) is 0 Å². The van der Waals surface area contributed by atoms with Crippen LogP contribution in [0.4, 0.5) is 20.2 Å². The summed E-state index contributed by atoms with van der Waals surface area (Å²) in [6.45, 7) is 2.57. The second-order valence-corrected chi connectivity index (χ2v) is 14.8. The van der Waals surface area contributed by atoms with Crippen LogP contribution in [0.25, 0.3) is 16.7 Å². The quantitative estimate of drug-likeness (QED) is 0.213. The summed E-state index contributed by atoms with van der Waals surface area (Å²) in [5.74, 6) is -0.922. The molecule has 8 rings (SSSR count). The molecular weight excluding hydrogens is 700 g/mol. The summed E-state index contributed by atoms with van der Waals surface area (Å²) >= 11 is 0. The Morgan fingerprint density at radius 3 is 2.56 bits per heavy atom. The largest absolute Gasteiger partial charge is 0.370 e. The Labute approximate surface area is 308 Å². The molecule has 3 fully saturated rings. The third-order valence-electron chi connectivity index (χ3n) is 11.5. The molecule has 15 nitrogen and oxygen atoms in total. The lowest BCUT2D eigenvalue weighted by Gasteiger charge is -2.40. The Kier molecular flexibility index (Phi) is 9.49. The predicted molar refractivity (Wildman–Crippen MR) is 196 cm³/mol. The van der Waals surface area contributed by atoms with Gasteiger partial charge in [-0.3, -0.25) is 37.9 Å². The number of imide groups is 1. The Morgan fingerprint density at radius 2 is 1.81 bits per heavy atom. The van der Waals surface area contributed by atoms with Crippen molar-refractivity contribution >= 4 is 45.8 Å². The Morgan fingerprint density at radius 1 is 1.04 bits per heavy atom. The fraction of sp³-hybridized carbons (Fsp3) is 0.486. The maximum absolute atomic E-state index is 14.0. The minimum atomic E-state index is -2.85. The van der Waals surface area contributed by atoms with Gasteiger partial charge in [0.25, 0.3) is 12.3 Å². The number of alkyl halides is 2. The third-order valence-corrected chi connectivity index (χ3v) is 11.5. The highest BCUT2D eigenvalue weighted by atomic mass is 19.3. The summed E-state index contributed by atoms with van der Waals surface area (Å²) in [7, 11) is 3.90. The van der Waals surface area contributed by atoms with E-state index in [0.29, 0.717) is 29.5 Å². The van der Waals surface area contributed by atoms with Gasteiger partial charge in [-0.1, -0.05) is 6.07 Å². The molecule has 3 amide bonds. The first-order chi connectivity index (χ1) is 26.1. The summed E-state index contributed by atoms with van der Waals surface area (Å²) in [6.07, 6.45) is 9.21. The van der Waals surface area contributed by atoms with E-state index >= 15 is 0 Å². The summed E-state index contributed by atoms with van der Waals surface area (Å²) in [4.78, 5) is 63.9. The number of imidazole rings is 2. The second-order valence-electron chi connectivity index (χ2n) is 14.8. The number of fused-ring (bicyclic) bond motifs is 2. The van der Waals surface area contributed by atoms with Gasteiger partial charge in [-0.25, -0.2) is 23.5 Å². The SMILES string of the molecule is CN(CC1CCC(n2cc(NC(=O)c3ncn4cccnc34)c(C(F)F)n2)CC1)C1CCN(c2cccc3c2n(C)c(=O)n3C2CCC(=O)NC2=O)CC1. The van der Waals surface area contributed by atoms with Crippen LogP contribution in [0.1, 0.15) is 86.1 Å². The van der Waals surface area contributed by atoms with E-state index in [1.807, 2.05) is 18.2 Å². The van der Waals surface area contributed by atoms with Crippen molar-refractivity contribution in [2.75, 3.05) is 36.9 Å². The molecule has 1 atom stereocenters. The molecule has 1 aliphatic carbocycles. The van der Waals surface area contributed by atoms with Crippen molar-refractivity contribution in [2.45, 2.75) is 75.9 Å². The maximum atomic E-state index is 14.0. The summed E-state index contributed by atoms with van der Waals surface area (Å²) in [5, 5.41) is 9.19. The zero-order valence-electron chi connectivity index (χ0n) is 30.2. The number of carbonyl (C=O) groups excluding carboxylic acids is 3. The zero-order valence-corrected chi connectivity index (χ0v) is 30.2. The number of carbonyl (C=O) groups is 3. The van der Waals surface area contributed by atoms with Crippen LogP contribution in [0.3, 0.4) is 0 Å². The maximum Gasteiger partial charge on any atom is 0.329 e. The van der Waals surface area contributed by atoms with E-state index in [0.717, 1.165) is 69.4 Å². The molecule has 2 N–H and O–H groups in total. The normalized spacial score (nSPS) is 21.4. The number of aromatic nitrogens is 7. The number of piperidine rings is 2. The lowest BCUT2D eigenvalue weighted by molar-refractivity contribution is -0.135. The van der Waals surface area contributed by atoms with Crippen LogP contribution in [-0.4, -0.2) is 88.6 Å². The number of anilines is 2. The van der Waals surface area contributed by atoms with Gasteiger partial charge in [0.15, 0.2) is 17.0 Å². The van der Waals surface area contributed by atoms with Crippen molar-refractivity contribution in [1.82, 2.24) is 43.5 Å². The fourth-order valence-electron chi connectivity index (χ4n) is 8.63. The molecular formula is C37H43F2N11O4. The van der Waals surface area contributed by atoms with E-state index in [9.17, 15) is 28.0 Å². The van der Waals surface area contributed by atoms with E-state index in [4.69, 9.17) is 0 Å². The molecule has 0 bridgehead atoms. The molecule has 5 aromatic rings. The van der Waals surface area contributed by atoms with Crippen LogP contribution in [0, 0.1) is 5.92 Å². The number of benzene rings is 1. The lowest BCUT2D eigenvalue weighted by Crippen LogP contribution is -2.45. The number of para-hydroxylation sites is 1. The van der Waals surface area contributed by atoms with Gasteiger partial charge in [-0.2, -0.15) is 5.10 Å². The van der Waals surface area contributed by atoms with E-state index < -0.39 is 30.0 Å². The van der Waals surface area contributed by atoms with Crippen LogP contribution in [-0.2, 0) is 16.6 Å². The zero-order chi connectivity index (χ0) is 37.7. The van der Waals surface area contributed by atoms with E-state index in [-0.39, 0.29) is 35.4 Å². The van der Waals surface area contributed by atoms with Gasteiger partial charge in [0.1, 0.15) is 12.4 Å². The number of halogens is 2. The molecule has 4 aromatic heterocycles. The molecule has 6 heterocycles. The van der Waals surface area contributed by atoms with Gasteiger partial charge in [-0.15, -0.1) is 0 Å². The van der Waals surface area contributed by atoms with Gasteiger partial charge in [0, 0.05) is 57.7 Å². The smallest absolute Gasteiger partial charge is 0.329 e. The van der Waals surface area contributed by atoms with Crippen LogP contribution < -0.4 is 21.2 Å². The third kappa shape index (κ3) is 6.54. The molecule has 2 aliphatic heterocycles. The van der Waals surface area contributed by atoms with Gasteiger partial charge in [0.05, 0.1) is 28.5 Å². The number of amides is 3. The number of nitrogens with one attached hydrogen (secondary N) is 2. The Balaban J connectivity index is 0.868. The molecule has 3 aliphatic rings. The van der Waals surface area contributed by atoms with Gasteiger partial charge in [0.2, 0.25) is 11.8 Å². The number of aryl methyl sites for hydroxylation is 1. The average molecular weight is 744 g/mol. The van der Waals surface area contributed by atoms with Crippen LogP contribution in [0.15, 0.2) is 54.0 Å². The summed E-state index contributed by atoms with van der Waals surface area (Å²) < 4.78 is 34.4. The summed E-state index contributed by atoms with van der Waals surface area (Å²) in [5.41, 5.74) is 2.05. The van der Waals surface area contributed by atoms with Gasteiger partial charge < -0.3 is 15.1 Å². The topological polar surface area (TPSA) is 157 Å². The molecule has 54 heavy (non-hydrogen) atoms. The Bertz CT molecular complexity index is 2280. The lowest BCUT2D eigenvalue weighted by atomic mass is 9.85. The standard InChI is InChI=1S/C37H43F2N11O4/c1-45(23-13-17-47(18-14-23)26-5-3-6-27-32(26)46(2)37(54)50(27)28-11-12-29(51)43-35(28)52)19-22-7-9-24(10-8-22)49-20-25(30(44-49)33(38)39)42-36(53)31-34-40-15-4-16-48(34)21-41-31/h3-6,15-16,20-24,28,33H,7-14,17-19H2,1-2H3,(H,42,53)(H,43,51,52). The first-order valence-electron chi connectivity index (χ1n) is 18.5. The van der Waals surface area contributed by atoms with Crippen molar-refractivity contribution in [3.8, 4) is 0 Å². The molecule has 0 radical (unpaired) electrons. The first-order valence-corrected chi connectivity index (χ1v) is 18.5. The molecule has 0 spiro atoms. The minimum Gasteiger partial charge on any atom is -0.370 e. The van der Waals surface area contributed by atoms with Crippen molar-refractivity contribution in [2.24, 2.45) is 13.0 Å². The molecule has 1 unspecified atom stereocenters. The highest BCUT2D eigenvalue weighted by Crippen LogP contribution is 2.36. The van der Waals surface area contributed by atoms with Crippen molar-refractivity contribution in [3.05, 3.63) is 71.1 Å². The number of hydrogen-bond donors (Lipinski definition) is 2.